The van der Waals surface area contributed by atoms with Crippen LogP contribution in [0, 0.1) is 5.92 Å². The summed E-state index contributed by atoms with van der Waals surface area (Å²) >= 11 is 0. The highest BCUT2D eigenvalue weighted by atomic mass is 16.8. The van der Waals surface area contributed by atoms with E-state index >= 15 is 0 Å². The molecule has 3 heterocycles. The average molecular weight is 641 g/mol. The number of aliphatic hydroxyl groups is 10. The van der Waals surface area contributed by atoms with Crippen LogP contribution in [0.3, 0.4) is 0 Å². The molecule has 0 aromatic heterocycles. The quantitative estimate of drug-likeness (QED) is 0.0648. The van der Waals surface area contributed by atoms with E-state index < -0.39 is 105 Å². The predicted octanol–water partition coefficient (Wildman–Crippen LogP) is -3.65. The van der Waals surface area contributed by atoms with Crippen LogP contribution >= 0.6 is 0 Å². The van der Waals surface area contributed by atoms with E-state index in [1.807, 2.05) is 26.8 Å². The molecule has 3 rings (SSSR count). The van der Waals surface area contributed by atoms with Crippen LogP contribution in [0.15, 0.2) is 24.0 Å². The summed E-state index contributed by atoms with van der Waals surface area (Å²) in [5.74, 6) is -2.15. The van der Waals surface area contributed by atoms with Gasteiger partial charge in [0.15, 0.2) is 12.6 Å². The molecule has 0 spiro atoms. The lowest BCUT2D eigenvalue weighted by molar-refractivity contribution is -0.388. The van der Waals surface area contributed by atoms with Crippen molar-refractivity contribution < 1.29 is 79.5 Å². The highest BCUT2D eigenvalue weighted by Crippen LogP contribution is 2.36. The van der Waals surface area contributed by atoms with Crippen molar-refractivity contribution in [1.82, 2.24) is 0 Å². The highest BCUT2D eigenvalue weighted by Gasteiger charge is 2.58. The second-order valence-corrected chi connectivity index (χ2v) is 11.7. The summed E-state index contributed by atoms with van der Waals surface area (Å²) in [5, 5.41) is 102. The molecule has 3 aliphatic rings. The number of hydrogen-bond donors (Lipinski definition) is 10. The van der Waals surface area contributed by atoms with E-state index in [1.165, 1.54) is 11.8 Å². The number of rotatable bonds is 14. The lowest BCUT2D eigenvalue weighted by Crippen LogP contribution is -2.63. The molecule has 0 aromatic rings. The molecular formula is C28H48O16. The van der Waals surface area contributed by atoms with Crippen molar-refractivity contribution in [3.63, 3.8) is 0 Å². The molecule has 10 N–H and O–H groups in total. The Labute approximate surface area is 255 Å². The van der Waals surface area contributed by atoms with Crippen LogP contribution in [0.4, 0.5) is 0 Å². The zero-order valence-electron chi connectivity index (χ0n) is 25.0. The van der Waals surface area contributed by atoms with Gasteiger partial charge in [-0.2, -0.15) is 0 Å². The molecule has 44 heavy (non-hydrogen) atoms. The van der Waals surface area contributed by atoms with Crippen molar-refractivity contribution in [2.75, 3.05) is 26.4 Å². The Morgan fingerprint density at radius 1 is 0.773 bits per heavy atom. The van der Waals surface area contributed by atoms with Gasteiger partial charge in [0.2, 0.25) is 5.79 Å². The fourth-order valence-electron chi connectivity index (χ4n) is 5.07. The van der Waals surface area contributed by atoms with E-state index in [1.54, 1.807) is 0 Å². The summed E-state index contributed by atoms with van der Waals surface area (Å²) in [4.78, 5) is 0. The first-order valence-corrected chi connectivity index (χ1v) is 14.6. The maximum absolute atomic E-state index is 10.5. The van der Waals surface area contributed by atoms with Crippen LogP contribution < -0.4 is 0 Å². The van der Waals surface area contributed by atoms with E-state index in [2.05, 4.69) is 6.08 Å². The fourth-order valence-corrected chi connectivity index (χ4v) is 5.07. The van der Waals surface area contributed by atoms with Crippen LogP contribution in [0.2, 0.25) is 0 Å². The molecule has 3 fully saturated rings. The summed E-state index contributed by atoms with van der Waals surface area (Å²) in [7, 11) is 0. The molecule has 256 valence electrons. The summed E-state index contributed by atoms with van der Waals surface area (Å²) in [6.07, 6.45) is -14.2. The second-order valence-electron chi connectivity index (χ2n) is 11.7. The zero-order chi connectivity index (χ0) is 32.8. The minimum Gasteiger partial charge on any atom is -0.499 e. The van der Waals surface area contributed by atoms with Crippen LogP contribution in [-0.2, 0) is 28.4 Å². The number of hydrogen-bond acceptors (Lipinski definition) is 16. The molecule has 0 radical (unpaired) electrons. The van der Waals surface area contributed by atoms with Crippen molar-refractivity contribution in [2.24, 2.45) is 5.92 Å². The van der Waals surface area contributed by atoms with Gasteiger partial charge >= 0.3 is 0 Å². The van der Waals surface area contributed by atoms with Gasteiger partial charge in [0.05, 0.1) is 19.5 Å². The van der Waals surface area contributed by atoms with Crippen molar-refractivity contribution in [2.45, 2.75) is 119 Å². The first kappa shape index (κ1) is 37.1. The first-order valence-electron chi connectivity index (χ1n) is 14.6. The minimum atomic E-state index is -2.36. The highest BCUT2D eigenvalue weighted by molar-refractivity contribution is 4.99. The van der Waals surface area contributed by atoms with E-state index in [0.717, 1.165) is 12.8 Å². The Hall–Kier alpha value is -1.32. The second kappa shape index (κ2) is 16.5. The molecule has 0 saturated carbocycles. The SMILES string of the molecule is CC(C)=CCCC(C)/C=C/OC[C@H]1O[C@@H](OC[C@H]2O[C@H](O[C@]3(CO)O[C@H](CO)[C@@H](O)[C@@H]3O)[C@H](O)[C@@H](O)[C@@H]2O)[C@H](O)[C@@H](O)[C@H]1O. The maximum Gasteiger partial charge on any atom is 0.224 e. The van der Waals surface area contributed by atoms with E-state index in [-0.39, 0.29) is 12.5 Å². The zero-order valence-corrected chi connectivity index (χ0v) is 25.0. The van der Waals surface area contributed by atoms with Gasteiger partial charge in [-0.1, -0.05) is 18.6 Å². The molecule has 15 atom stereocenters. The monoisotopic (exact) mass is 640 g/mol. The van der Waals surface area contributed by atoms with Crippen LogP contribution in [0.25, 0.3) is 0 Å². The summed E-state index contributed by atoms with van der Waals surface area (Å²) in [6.45, 7) is 3.47. The van der Waals surface area contributed by atoms with Gasteiger partial charge < -0.3 is 79.5 Å². The maximum atomic E-state index is 10.5. The average Bonchev–Trinajstić information content (AvgIpc) is 3.24. The van der Waals surface area contributed by atoms with Gasteiger partial charge in [-0.15, -0.1) is 0 Å². The number of allylic oxidation sites excluding steroid dienone is 3. The van der Waals surface area contributed by atoms with E-state index in [9.17, 15) is 51.1 Å². The lowest BCUT2D eigenvalue weighted by atomic mass is 9.98. The lowest BCUT2D eigenvalue weighted by Gasteiger charge is -2.44. The molecule has 1 unspecified atom stereocenters. The minimum absolute atomic E-state index is 0.197. The Morgan fingerprint density at radius 3 is 1.93 bits per heavy atom. The standard InChI is InChI=1S/C28H48O16/c1-13(2)5-4-6-14(3)7-8-39-10-16-18(31)21(34)23(36)26(41-16)40-11-17-19(32)22(35)24(37)27(42-17)44-28(12-30)25(38)20(33)15(9-29)43-28/h5,7-8,14-27,29-38H,4,6,9-12H2,1-3H3/b8-7+/t14?,15-,16-,17-,18+,19-,20-,21+,22+,23-,24-,25+,26-,27-,28+/m1/s1. The fraction of sp³-hybridized carbons (Fsp3) is 0.857. The van der Waals surface area contributed by atoms with Crippen molar-refractivity contribution >= 4 is 0 Å². The molecule has 0 amide bonds. The predicted molar refractivity (Wildman–Crippen MR) is 147 cm³/mol. The molecule has 0 bridgehead atoms. The molecule has 0 aliphatic carbocycles. The summed E-state index contributed by atoms with van der Waals surface area (Å²) in [5.41, 5.74) is 1.23. The normalized spacial score (nSPS) is 43.7. The Morgan fingerprint density at radius 2 is 1.36 bits per heavy atom. The topological polar surface area (TPSA) is 258 Å². The largest absolute Gasteiger partial charge is 0.499 e. The van der Waals surface area contributed by atoms with Crippen molar-refractivity contribution in [3.8, 4) is 0 Å². The third kappa shape index (κ3) is 8.72. The van der Waals surface area contributed by atoms with Crippen LogP contribution in [-0.4, -0.2) is 163 Å². The molecular weight excluding hydrogens is 592 g/mol. The summed E-state index contributed by atoms with van der Waals surface area (Å²) in [6, 6.07) is 0. The Balaban J connectivity index is 1.59. The third-order valence-electron chi connectivity index (χ3n) is 7.92. The first-order chi connectivity index (χ1) is 20.8. The van der Waals surface area contributed by atoms with Crippen molar-refractivity contribution in [3.05, 3.63) is 24.0 Å². The van der Waals surface area contributed by atoms with Crippen LogP contribution in [0.1, 0.15) is 33.6 Å². The van der Waals surface area contributed by atoms with Gasteiger partial charge in [-0.3, -0.25) is 0 Å². The van der Waals surface area contributed by atoms with Crippen LogP contribution in [0.5, 0.6) is 0 Å². The van der Waals surface area contributed by atoms with Gasteiger partial charge in [-0.25, -0.2) is 0 Å². The Kier molecular flexibility index (Phi) is 13.9. The van der Waals surface area contributed by atoms with Gasteiger partial charge in [0.25, 0.3) is 0 Å². The summed E-state index contributed by atoms with van der Waals surface area (Å²) < 4.78 is 32.9. The third-order valence-corrected chi connectivity index (χ3v) is 7.92. The molecule has 16 heteroatoms. The molecule has 3 saturated heterocycles. The van der Waals surface area contributed by atoms with Gasteiger partial charge in [0.1, 0.15) is 80.4 Å². The number of ether oxygens (including phenoxy) is 6. The van der Waals surface area contributed by atoms with Gasteiger partial charge in [0, 0.05) is 0 Å². The van der Waals surface area contributed by atoms with E-state index in [0.29, 0.717) is 0 Å². The smallest absolute Gasteiger partial charge is 0.224 e. The number of aliphatic hydroxyl groups excluding tert-OH is 10. The molecule has 0 aromatic carbocycles. The Bertz CT molecular complexity index is 931. The molecule has 3 aliphatic heterocycles. The van der Waals surface area contributed by atoms with E-state index in [4.69, 9.17) is 28.4 Å². The van der Waals surface area contributed by atoms with Crippen molar-refractivity contribution in [1.29, 1.82) is 0 Å². The van der Waals surface area contributed by atoms with Gasteiger partial charge in [-0.05, 0) is 38.7 Å². The molecule has 16 nitrogen and oxygen atoms in total.